The van der Waals surface area contributed by atoms with E-state index in [2.05, 4.69) is 16.4 Å². The summed E-state index contributed by atoms with van der Waals surface area (Å²) in [5.74, 6) is 0.707. The molecule has 0 saturated carbocycles. The Bertz CT molecular complexity index is 497. The van der Waals surface area contributed by atoms with Crippen LogP contribution in [0.3, 0.4) is 0 Å². The number of hydrogen-bond acceptors (Lipinski definition) is 3. The highest BCUT2D eigenvalue weighted by atomic mass is 16.5. The van der Waals surface area contributed by atoms with Crippen LogP contribution in [-0.4, -0.2) is 12.0 Å². The number of nitrogens with one attached hydrogen (secondary N) is 1. The predicted octanol–water partition coefficient (Wildman–Crippen LogP) is 2.69. The quantitative estimate of drug-likeness (QED) is 0.875. The average Bonchev–Trinajstić information content (AvgIpc) is 2.39. The van der Waals surface area contributed by atoms with Crippen LogP contribution >= 0.6 is 0 Å². The summed E-state index contributed by atoms with van der Waals surface area (Å²) in [7, 11) is 1.93. The minimum Gasteiger partial charge on any atom is -0.473 e. The van der Waals surface area contributed by atoms with Crippen molar-refractivity contribution in [2.75, 3.05) is 7.05 Å². The van der Waals surface area contributed by atoms with Crippen molar-refractivity contribution in [3.05, 3.63) is 59.3 Å². The number of ether oxygens (including phenoxy) is 1. The van der Waals surface area contributed by atoms with Crippen LogP contribution in [0.4, 0.5) is 0 Å². The summed E-state index contributed by atoms with van der Waals surface area (Å²) in [5.41, 5.74) is 3.39. The minimum absolute atomic E-state index is 0.556. The lowest BCUT2D eigenvalue weighted by Gasteiger charge is -2.09. The molecule has 0 amide bonds. The third-order valence-corrected chi connectivity index (χ3v) is 2.69. The number of rotatable bonds is 5. The standard InChI is InChI=1S/C15H18N2O/c1-12-8-14(9-16-2)10-17-15(12)18-11-13-6-4-3-5-7-13/h3-8,10,16H,9,11H2,1-2H3. The molecule has 0 atom stereocenters. The molecule has 18 heavy (non-hydrogen) atoms. The van der Waals surface area contributed by atoms with Gasteiger partial charge in [-0.15, -0.1) is 0 Å². The van der Waals surface area contributed by atoms with E-state index >= 15 is 0 Å². The fraction of sp³-hybridized carbons (Fsp3) is 0.267. The van der Waals surface area contributed by atoms with Crippen LogP contribution in [0.5, 0.6) is 5.88 Å². The second-order valence-corrected chi connectivity index (χ2v) is 4.27. The average molecular weight is 242 g/mol. The van der Waals surface area contributed by atoms with Gasteiger partial charge in [-0.25, -0.2) is 4.98 Å². The molecule has 1 aromatic carbocycles. The lowest BCUT2D eigenvalue weighted by Crippen LogP contribution is -2.06. The Kier molecular flexibility index (Phi) is 4.31. The number of pyridine rings is 1. The molecule has 1 aromatic heterocycles. The zero-order valence-electron chi connectivity index (χ0n) is 10.8. The van der Waals surface area contributed by atoms with Crippen LogP contribution in [0.2, 0.25) is 0 Å². The SMILES string of the molecule is CNCc1cnc(OCc2ccccc2)c(C)c1. The van der Waals surface area contributed by atoms with Gasteiger partial charge in [-0.1, -0.05) is 30.3 Å². The summed E-state index contributed by atoms with van der Waals surface area (Å²) in [4.78, 5) is 4.35. The lowest BCUT2D eigenvalue weighted by molar-refractivity contribution is 0.291. The Hall–Kier alpha value is -1.87. The first-order valence-corrected chi connectivity index (χ1v) is 6.06. The normalized spacial score (nSPS) is 10.3. The van der Waals surface area contributed by atoms with Crippen molar-refractivity contribution < 1.29 is 4.74 Å². The topological polar surface area (TPSA) is 34.2 Å². The second-order valence-electron chi connectivity index (χ2n) is 4.27. The first kappa shape index (κ1) is 12.6. The van der Waals surface area contributed by atoms with Crippen LogP contribution in [0.25, 0.3) is 0 Å². The molecule has 0 unspecified atom stereocenters. The summed E-state index contributed by atoms with van der Waals surface area (Å²) < 4.78 is 5.72. The molecule has 0 spiro atoms. The molecular weight excluding hydrogens is 224 g/mol. The van der Waals surface area contributed by atoms with E-state index in [1.807, 2.05) is 50.5 Å². The zero-order chi connectivity index (χ0) is 12.8. The molecule has 0 aliphatic heterocycles. The smallest absolute Gasteiger partial charge is 0.216 e. The fourth-order valence-corrected chi connectivity index (χ4v) is 1.80. The van der Waals surface area contributed by atoms with Crippen molar-refractivity contribution in [2.24, 2.45) is 0 Å². The minimum atomic E-state index is 0.556. The molecule has 94 valence electrons. The Balaban J connectivity index is 2.01. The summed E-state index contributed by atoms with van der Waals surface area (Å²) in [6.45, 7) is 3.40. The second kappa shape index (κ2) is 6.17. The van der Waals surface area contributed by atoms with Crippen LogP contribution in [0.15, 0.2) is 42.6 Å². The van der Waals surface area contributed by atoms with Crippen molar-refractivity contribution in [2.45, 2.75) is 20.1 Å². The van der Waals surface area contributed by atoms with Crippen LogP contribution in [0, 0.1) is 6.92 Å². The number of hydrogen-bond donors (Lipinski definition) is 1. The summed E-state index contributed by atoms with van der Waals surface area (Å²) in [6, 6.07) is 12.2. The summed E-state index contributed by atoms with van der Waals surface area (Å²) >= 11 is 0. The number of aryl methyl sites for hydroxylation is 1. The highest BCUT2D eigenvalue weighted by Gasteiger charge is 2.03. The van der Waals surface area contributed by atoms with E-state index in [9.17, 15) is 0 Å². The van der Waals surface area contributed by atoms with Gasteiger partial charge in [-0.3, -0.25) is 0 Å². The van der Waals surface area contributed by atoms with E-state index in [1.165, 1.54) is 5.56 Å². The molecule has 0 saturated heterocycles. The molecule has 0 aliphatic rings. The van der Waals surface area contributed by atoms with Crippen molar-refractivity contribution in [3.8, 4) is 5.88 Å². The fourth-order valence-electron chi connectivity index (χ4n) is 1.80. The molecule has 0 aliphatic carbocycles. The molecule has 2 aromatic rings. The molecule has 3 heteroatoms. The molecule has 1 N–H and O–H groups in total. The molecule has 1 heterocycles. The highest BCUT2D eigenvalue weighted by Crippen LogP contribution is 2.16. The summed E-state index contributed by atoms with van der Waals surface area (Å²) in [6.07, 6.45) is 1.85. The first-order valence-electron chi connectivity index (χ1n) is 6.06. The van der Waals surface area contributed by atoms with Gasteiger partial charge < -0.3 is 10.1 Å². The van der Waals surface area contributed by atoms with Gasteiger partial charge >= 0.3 is 0 Å². The van der Waals surface area contributed by atoms with Crippen LogP contribution in [-0.2, 0) is 13.2 Å². The van der Waals surface area contributed by atoms with Gasteiger partial charge in [0.05, 0.1) is 0 Å². The Morgan fingerprint density at radius 2 is 1.94 bits per heavy atom. The van der Waals surface area contributed by atoms with Gasteiger partial charge in [-0.2, -0.15) is 0 Å². The van der Waals surface area contributed by atoms with Gasteiger partial charge in [0.15, 0.2) is 0 Å². The predicted molar refractivity (Wildman–Crippen MR) is 72.5 cm³/mol. The van der Waals surface area contributed by atoms with Gasteiger partial charge in [0.25, 0.3) is 0 Å². The lowest BCUT2D eigenvalue weighted by atomic mass is 10.2. The van der Waals surface area contributed by atoms with Crippen molar-refractivity contribution >= 4 is 0 Å². The van der Waals surface area contributed by atoms with Crippen LogP contribution < -0.4 is 10.1 Å². The van der Waals surface area contributed by atoms with Gasteiger partial charge in [0.1, 0.15) is 6.61 Å². The van der Waals surface area contributed by atoms with Crippen molar-refractivity contribution in [3.63, 3.8) is 0 Å². The van der Waals surface area contributed by atoms with Gasteiger partial charge in [0, 0.05) is 18.3 Å². The van der Waals surface area contributed by atoms with E-state index in [0.29, 0.717) is 12.5 Å². The van der Waals surface area contributed by atoms with E-state index < -0.39 is 0 Å². The largest absolute Gasteiger partial charge is 0.473 e. The molecule has 0 bridgehead atoms. The zero-order valence-corrected chi connectivity index (χ0v) is 10.8. The molecular formula is C15H18N2O. The maximum Gasteiger partial charge on any atom is 0.216 e. The van der Waals surface area contributed by atoms with E-state index in [1.54, 1.807) is 0 Å². The third kappa shape index (κ3) is 3.31. The Labute approximate surface area is 108 Å². The first-order chi connectivity index (χ1) is 8.79. The number of nitrogens with zero attached hydrogens (tertiary/aromatic N) is 1. The van der Waals surface area contributed by atoms with Crippen molar-refractivity contribution in [1.82, 2.24) is 10.3 Å². The maximum absolute atomic E-state index is 5.72. The molecule has 0 fully saturated rings. The Morgan fingerprint density at radius 3 is 2.61 bits per heavy atom. The number of aromatic nitrogens is 1. The third-order valence-electron chi connectivity index (χ3n) is 2.69. The van der Waals surface area contributed by atoms with Gasteiger partial charge in [0.2, 0.25) is 5.88 Å². The van der Waals surface area contributed by atoms with E-state index in [4.69, 9.17) is 4.74 Å². The molecule has 2 rings (SSSR count). The maximum atomic E-state index is 5.72. The van der Waals surface area contributed by atoms with E-state index in [0.717, 1.165) is 17.7 Å². The monoisotopic (exact) mass is 242 g/mol. The van der Waals surface area contributed by atoms with Crippen LogP contribution in [0.1, 0.15) is 16.7 Å². The van der Waals surface area contributed by atoms with Gasteiger partial charge in [-0.05, 0) is 31.2 Å². The summed E-state index contributed by atoms with van der Waals surface area (Å²) in [5, 5.41) is 3.11. The number of benzene rings is 1. The molecule has 0 radical (unpaired) electrons. The molecule has 3 nitrogen and oxygen atoms in total. The Morgan fingerprint density at radius 1 is 1.17 bits per heavy atom. The van der Waals surface area contributed by atoms with E-state index in [-0.39, 0.29) is 0 Å². The van der Waals surface area contributed by atoms with Crippen molar-refractivity contribution in [1.29, 1.82) is 0 Å². The highest BCUT2D eigenvalue weighted by molar-refractivity contribution is 5.29.